The fraction of sp³-hybridized carbons (Fsp3) is 0.857. The Labute approximate surface area is 115 Å². The maximum absolute atomic E-state index is 12.1. The van der Waals surface area contributed by atoms with Crippen molar-refractivity contribution in [2.75, 3.05) is 20.3 Å². The molecule has 0 saturated carbocycles. The van der Waals surface area contributed by atoms with Crippen molar-refractivity contribution >= 4 is 11.9 Å². The van der Waals surface area contributed by atoms with Crippen molar-refractivity contribution in [3.05, 3.63) is 0 Å². The monoisotopic (exact) mass is 274 g/mol. The number of hydrogen-bond donors (Lipinski definition) is 1. The van der Waals surface area contributed by atoms with Gasteiger partial charge in [-0.3, -0.25) is 9.59 Å². The van der Waals surface area contributed by atoms with E-state index >= 15 is 0 Å². The molecule has 0 aromatic carbocycles. The smallest absolute Gasteiger partial charge is 0.323 e. The maximum atomic E-state index is 12.1. The van der Waals surface area contributed by atoms with Crippen LogP contribution in [-0.4, -0.2) is 37.4 Å². The van der Waals surface area contributed by atoms with Crippen LogP contribution in [0.3, 0.4) is 0 Å². The molecule has 0 aliphatic rings. The predicted molar refractivity (Wildman–Crippen MR) is 71.9 cm³/mol. The van der Waals surface area contributed by atoms with E-state index < -0.39 is 17.4 Å². The number of esters is 1. The Kier molecular flexibility index (Phi) is 8.39. The van der Waals surface area contributed by atoms with Crippen molar-refractivity contribution in [2.45, 2.75) is 46.5 Å². The zero-order valence-corrected chi connectivity index (χ0v) is 12.4. The number of methoxy groups -OCH3 is 1. The van der Waals surface area contributed by atoms with Crippen LogP contribution < -0.4 is 0 Å². The summed E-state index contributed by atoms with van der Waals surface area (Å²) in [5.74, 6) is -1.59. The van der Waals surface area contributed by atoms with Crippen molar-refractivity contribution in [1.82, 2.24) is 0 Å². The molecule has 0 aliphatic carbocycles. The maximum Gasteiger partial charge on any atom is 0.323 e. The lowest BCUT2D eigenvalue weighted by Crippen LogP contribution is -2.42. The van der Waals surface area contributed by atoms with Crippen LogP contribution >= 0.6 is 0 Å². The largest absolute Gasteiger partial charge is 0.480 e. The van der Waals surface area contributed by atoms with Gasteiger partial charge in [0, 0.05) is 13.7 Å². The van der Waals surface area contributed by atoms with Gasteiger partial charge in [-0.05, 0) is 38.5 Å². The molecule has 0 radical (unpaired) electrons. The highest BCUT2D eigenvalue weighted by Crippen LogP contribution is 2.34. The quantitative estimate of drug-likeness (QED) is 0.376. The number of carboxylic acid groups (broad SMARTS) is 1. The highest BCUT2D eigenvalue weighted by atomic mass is 16.5. The Morgan fingerprint density at radius 1 is 1.26 bits per heavy atom. The topological polar surface area (TPSA) is 72.8 Å². The van der Waals surface area contributed by atoms with Crippen LogP contribution in [0.2, 0.25) is 0 Å². The van der Waals surface area contributed by atoms with Crippen LogP contribution in [0.5, 0.6) is 0 Å². The Morgan fingerprint density at radius 2 is 1.89 bits per heavy atom. The van der Waals surface area contributed by atoms with Crippen LogP contribution in [0.15, 0.2) is 0 Å². The van der Waals surface area contributed by atoms with Crippen molar-refractivity contribution in [3.63, 3.8) is 0 Å². The molecule has 0 fully saturated rings. The molecule has 1 unspecified atom stereocenters. The second-order valence-electron chi connectivity index (χ2n) is 5.16. The molecule has 0 saturated heterocycles. The normalized spacial score (nSPS) is 14.2. The fourth-order valence-corrected chi connectivity index (χ4v) is 2.21. The van der Waals surface area contributed by atoms with Gasteiger partial charge in [-0.25, -0.2) is 0 Å². The molecule has 0 aromatic heterocycles. The van der Waals surface area contributed by atoms with E-state index in [-0.39, 0.29) is 12.5 Å². The second-order valence-corrected chi connectivity index (χ2v) is 5.16. The number of hydrogen-bond acceptors (Lipinski definition) is 4. The first-order chi connectivity index (χ1) is 8.90. The first kappa shape index (κ1) is 17.9. The average molecular weight is 274 g/mol. The molecule has 5 nitrogen and oxygen atoms in total. The molecule has 0 rings (SSSR count). The standard InChI is InChI=1S/C14H26O5/c1-5-19-13(17)14(12(15)16,10-11(2)3)8-6-7-9-18-4/h11H,5-10H2,1-4H3,(H,15,16). The van der Waals surface area contributed by atoms with Gasteiger partial charge in [0.25, 0.3) is 0 Å². The van der Waals surface area contributed by atoms with Gasteiger partial charge < -0.3 is 14.6 Å². The number of ether oxygens (including phenoxy) is 2. The van der Waals surface area contributed by atoms with E-state index in [1.165, 1.54) is 0 Å². The van der Waals surface area contributed by atoms with Gasteiger partial charge in [0.05, 0.1) is 6.61 Å². The Hall–Kier alpha value is -1.10. The van der Waals surface area contributed by atoms with Crippen LogP contribution in [0, 0.1) is 11.3 Å². The van der Waals surface area contributed by atoms with E-state index in [4.69, 9.17) is 9.47 Å². The molecular weight excluding hydrogens is 248 g/mol. The first-order valence-corrected chi connectivity index (χ1v) is 6.80. The van der Waals surface area contributed by atoms with E-state index in [1.807, 2.05) is 13.8 Å². The number of carboxylic acids is 1. The van der Waals surface area contributed by atoms with Gasteiger partial charge >= 0.3 is 11.9 Å². The van der Waals surface area contributed by atoms with Gasteiger partial charge in [0.1, 0.15) is 0 Å². The van der Waals surface area contributed by atoms with Crippen LogP contribution in [-0.2, 0) is 19.1 Å². The van der Waals surface area contributed by atoms with Gasteiger partial charge in [0.15, 0.2) is 5.41 Å². The van der Waals surface area contributed by atoms with Crippen LogP contribution in [0.1, 0.15) is 46.5 Å². The van der Waals surface area contributed by atoms with E-state index in [1.54, 1.807) is 14.0 Å². The third-order valence-electron chi connectivity index (χ3n) is 3.03. The Morgan fingerprint density at radius 3 is 2.32 bits per heavy atom. The van der Waals surface area contributed by atoms with Crippen LogP contribution in [0.4, 0.5) is 0 Å². The number of carbonyl (C=O) groups is 2. The summed E-state index contributed by atoms with van der Waals surface area (Å²) in [6.07, 6.45) is 1.96. The first-order valence-electron chi connectivity index (χ1n) is 6.80. The molecule has 0 amide bonds. The average Bonchev–Trinajstić information content (AvgIpc) is 2.32. The zero-order chi connectivity index (χ0) is 14.9. The molecule has 0 aliphatic heterocycles. The molecule has 1 N–H and O–H groups in total. The van der Waals surface area contributed by atoms with Crippen molar-refractivity contribution < 1.29 is 24.2 Å². The van der Waals surface area contributed by atoms with Crippen molar-refractivity contribution in [1.29, 1.82) is 0 Å². The highest BCUT2D eigenvalue weighted by Gasteiger charge is 2.47. The summed E-state index contributed by atoms with van der Waals surface area (Å²) in [7, 11) is 1.60. The number of rotatable bonds is 10. The van der Waals surface area contributed by atoms with E-state index in [9.17, 15) is 14.7 Å². The summed E-state index contributed by atoms with van der Waals surface area (Å²) in [5.41, 5.74) is -1.42. The van der Waals surface area contributed by atoms with E-state index in [2.05, 4.69) is 0 Å². The lowest BCUT2D eigenvalue weighted by molar-refractivity contribution is -0.170. The third-order valence-corrected chi connectivity index (χ3v) is 3.03. The lowest BCUT2D eigenvalue weighted by atomic mass is 9.76. The molecule has 1 atom stereocenters. The molecule has 0 bridgehead atoms. The summed E-state index contributed by atoms with van der Waals surface area (Å²) in [6, 6.07) is 0. The van der Waals surface area contributed by atoms with Gasteiger partial charge in [-0.1, -0.05) is 13.8 Å². The predicted octanol–water partition coefficient (Wildman–Crippen LogP) is 2.48. The summed E-state index contributed by atoms with van der Waals surface area (Å²) >= 11 is 0. The summed E-state index contributed by atoms with van der Waals surface area (Å²) in [6.45, 7) is 6.27. The summed E-state index contributed by atoms with van der Waals surface area (Å²) < 4.78 is 9.92. The third kappa shape index (κ3) is 5.59. The number of aliphatic carboxylic acids is 1. The Balaban J connectivity index is 4.92. The number of carbonyl (C=O) groups excluding carboxylic acids is 1. The molecule has 0 spiro atoms. The fourth-order valence-electron chi connectivity index (χ4n) is 2.21. The molecule has 19 heavy (non-hydrogen) atoms. The minimum atomic E-state index is -1.42. The minimum Gasteiger partial charge on any atom is -0.480 e. The van der Waals surface area contributed by atoms with E-state index in [0.717, 1.165) is 6.42 Å². The SMILES string of the molecule is CCOC(=O)C(CCCCOC)(CC(C)C)C(=O)O. The van der Waals surface area contributed by atoms with Gasteiger partial charge in [0.2, 0.25) is 0 Å². The van der Waals surface area contributed by atoms with Gasteiger partial charge in [-0.2, -0.15) is 0 Å². The summed E-state index contributed by atoms with van der Waals surface area (Å²) in [4.78, 5) is 23.7. The van der Waals surface area contributed by atoms with Crippen molar-refractivity contribution in [2.24, 2.45) is 11.3 Å². The zero-order valence-electron chi connectivity index (χ0n) is 12.4. The number of unbranched alkanes of at least 4 members (excludes halogenated alkanes) is 1. The summed E-state index contributed by atoms with van der Waals surface area (Å²) in [5, 5.41) is 9.49. The van der Waals surface area contributed by atoms with Gasteiger partial charge in [-0.15, -0.1) is 0 Å². The minimum absolute atomic E-state index is 0.114. The lowest BCUT2D eigenvalue weighted by Gasteiger charge is -2.28. The molecule has 112 valence electrons. The second kappa shape index (κ2) is 8.91. The van der Waals surface area contributed by atoms with E-state index in [0.29, 0.717) is 25.9 Å². The molecular formula is C14H26O5. The van der Waals surface area contributed by atoms with Crippen molar-refractivity contribution in [3.8, 4) is 0 Å². The molecule has 5 heteroatoms. The molecule has 0 heterocycles. The highest BCUT2D eigenvalue weighted by molar-refractivity contribution is 5.99. The Bertz CT molecular complexity index is 288. The van der Waals surface area contributed by atoms with Crippen LogP contribution in [0.25, 0.3) is 0 Å². The molecule has 0 aromatic rings.